The van der Waals surface area contributed by atoms with Crippen LogP contribution in [0.4, 0.5) is 4.39 Å². The third-order valence-corrected chi connectivity index (χ3v) is 2.48. The molecule has 14 heavy (non-hydrogen) atoms. The van der Waals surface area contributed by atoms with E-state index in [9.17, 15) is 9.18 Å². The normalized spacial score (nSPS) is 10.8. The highest BCUT2D eigenvalue weighted by Crippen LogP contribution is 2.25. The summed E-state index contributed by atoms with van der Waals surface area (Å²) in [7, 11) is 0. The van der Waals surface area contributed by atoms with Gasteiger partial charge in [-0.05, 0) is 34.1 Å². The first-order chi connectivity index (χ1) is 6.50. The summed E-state index contributed by atoms with van der Waals surface area (Å²) in [4.78, 5) is 10.4. The molecule has 1 aromatic carbocycles. The Morgan fingerprint density at radius 2 is 2.07 bits per heavy atom. The maximum atomic E-state index is 13.4. The largest absolute Gasteiger partial charge is 0.366 e. The minimum absolute atomic E-state index is 0.296. The molecular formula is C9H6Br2FNO. The van der Waals surface area contributed by atoms with Crippen LogP contribution in [0.25, 0.3) is 6.08 Å². The van der Waals surface area contributed by atoms with Gasteiger partial charge < -0.3 is 5.73 Å². The average molecular weight is 323 g/mol. The van der Waals surface area contributed by atoms with Crippen molar-refractivity contribution in [3.63, 3.8) is 0 Å². The highest BCUT2D eigenvalue weighted by molar-refractivity contribution is 9.11. The molecule has 2 nitrogen and oxygen atoms in total. The fourth-order valence-electron chi connectivity index (χ4n) is 0.869. The lowest BCUT2D eigenvalue weighted by molar-refractivity contribution is -0.113. The van der Waals surface area contributed by atoms with Crippen LogP contribution in [0.5, 0.6) is 0 Å². The number of carbonyl (C=O) groups is 1. The molecule has 0 aromatic heterocycles. The van der Waals surface area contributed by atoms with E-state index >= 15 is 0 Å². The summed E-state index contributed by atoms with van der Waals surface area (Å²) in [6, 6.07) is 3.14. The molecule has 0 unspecified atom stereocenters. The summed E-state index contributed by atoms with van der Waals surface area (Å²) >= 11 is 6.26. The third-order valence-electron chi connectivity index (χ3n) is 1.45. The highest BCUT2D eigenvalue weighted by Gasteiger charge is 2.05. The van der Waals surface area contributed by atoms with Crippen LogP contribution in [0.1, 0.15) is 5.56 Å². The Labute approximate surface area is 97.2 Å². The van der Waals surface area contributed by atoms with Crippen LogP contribution in [0.2, 0.25) is 0 Å². The fourth-order valence-corrected chi connectivity index (χ4v) is 2.13. The number of nitrogens with two attached hydrogens (primary N) is 1. The van der Waals surface area contributed by atoms with E-state index < -0.39 is 11.7 Å². The molecule has 0 aliphatic heterocycles. The van der Waals surface area contributed by atoms with E-state index in [-0.39, 0.29) is 0 Å². The number of benzene rings is 1. The number of halogens is 3. The van der Waals surface area contributed by atoms with Gasteiger partial charge in [0, 0.05) is 16.1 Å². The van der Waals surface area contributed by atoms with E-state index in [4.69, 9.17) is 5.73 Å². The van der Waals surface area contributed by atoms with E-state index in [1.165, 1.54) is 6.08 Å². The Kier molecular flexibility index (Phi) is 3.83. The highest BCUT2D eigenvalue weighted by atomic mass is 79.9. The number of rotatable bonds is 2. The Hall–Kier alpha value is -0.680. The monoisotopic (exact) mass is 321 g/mol. The molecule has 1 amide bonds. The molecule has 0 heterocycles. The van der Waals surface area contributed by atoms with E-state index in [0.29, 0.717) is 10.0 Å². The van der Waals surface area contributed by atoms with Gasteiger partial charge in [0.15, 0.2) is 0 Å². The maximum absolute atomic E-state index is 13.4. The smallest absolute Gasteiger partial charge is 0.241 e. The molecule has 0 spiro atoms. The number of carbonyl (C=O) groups excluding carboxylic acids is 1. The molecule has 0 atom stereocenters. The molecule has 1 rings (SSSR count). The second-order valence-electron chi connectivity index (χ2n) is 2.53. The van der Waals surface area contributed by atoms with Crippen LogP contribution in [0.15, 0.2) is 27.2 Å². The van der Waals surface area contributed by atoms with Gasteiger partial charge in [-0.25, -0.2) is 4.39 Å². The summed E-state index contributed by atoms with van der Waals surface area (Å²) in [5.41, 5.74) is 5.19. The molecule has 0 aliphatic carbocycles. The summed E-state index contributed by atoms with van der Waals surface area (Å²) in [6.45, 7) is 0. The van der Waals surface area contributed by atoms with Gasteiger partial charge in [0.1, 0.15) is 5.82 Å². The Morgan fingerprint density at radius 3 is 2.64 bits per heavy atom. The lowest BCUT2D eigenvalue weighted by Gasteiger charge is -2.00. The van der Waals surface area contributed by atoms with Crippen molar-refractivity contribution < 1.29 is 9.18 Å². The standard InChI is InChI=1S/C9H6Br2FNO/c10-6-3-5(1-2-8(13)14)9(12)7(11)4-6/h1-4H,(H2,13,14)/b2-1+. The minimum Gasteiger partial charge on any atom is -0.366 e. The van der Waals surface area contributed by atoms with Gasteiger partial charge in [0.25, 0.3) is 0 Å². The molecule has 0 bridgehead atoms. The Morgan fingerprint density at radius 1 is 1.43 bits per heavy atom. The second kappa shape index (κ2) is 4.70. The third kappa shape index (κ3) is 2.92. The molecule has 1 aromatic rings. The maximum Gasteiger partial charge on any atom is 0.241 e. The van der Waals surface area contributed by atoms with Crippen LogP contribution in [0.3, 0.4) is 0 Å². The van der Waals surface area contributed by atoms with Crippen molar-refractivity contribution in [2.45, 2.75) is 0 Å². The van der Waals surface area contributed by atoms with Crippen molar-refractivity contribution in [2.24, 2.45) is 5.73 Å². The van der Waals surface area contributed by atoms with E-state index in [1.54, 1.807) is 12.1 Å². The van der Waals surface area contributed by atoms with Crippen molar-refractivity contribution in [2.75, 3.05) is 0 Å². The van der Waals surface area contributed by atoms with E-state index in [1.807, 2.05) is 0 Å². The Balaban J connectivity index is 3.14. The van der Waals surface area contributed by atoms with Crippen LogP contribution in [0, 0.1) is 5.82 Å². The van der Waals surface area contributed by atoms with Gasteiger partial charge in [0.2, 0.25) is 5.91 Å². The van der Waals surface area contributed by atoms with E-state index in [0.717, 1.165) is 10.5 Å². The zero-order valence-corrected chi connectivity index (χ0v) is 10.1. The molecule has 2 N–H and O–H groups in total. The number of hydrogen-bond donors (Lipinski definition) is 1. The molecule has 0 saturated heterocycles. The topological polar surface area (TPSA) is 43.1 Å². The Bertz CT molecular complexity index is 404. The number of hydrogen-bond acceptors (Lipinski definition) is 1. The zero-order chi connectivity index (χ0) is 10.7. The van der Waals surface area contributed by atoms with E-state index in [2.05, 4.69) is 31.9 Å². The lowest BCUT2D eigenvalue weighted by Crippen LogP contribution is -2.05. The molecule has 5 heteroatoms. The SMILES string of the molecule is NC(=O)/C=C/c1cc(Br)cc(Br)c1F. The van der Waals surface area contributed by atoms with Crippen molar-refractivity contribution in [1.29, 1.82) is 0 Å². The quantitative estimate of drug-likeness (QED) is 0.660. The number of primary amides is 1. The van der Waals surface area contributed by atoms with Crippen molar-refractivity contribution in [1.82, 2.24) is 0 Å². The number of amides is 1. The molecular weight excluding hydrogens is 317 g/mol. The fraction of sp³-hybridized carbons (Fsp3) is 0. The first kappa shape index (κ1) is 11.4. The van der Waals surface area contributed by atoms with Gasteiger partial charge in [-0.15, -0.1) is 0 Å². The summed E-state index contributed by atoms with van der Waals surface area (Å²) < 4.78 is 14.4. The summed E-state index contributed by atoms with van der Waals surface area (Å²) in [6.07, 6.45) is 2.43. The van der Waals surface area contributed by atoms with Crippen LogP contribution >= 0.6 is 31.9 Å². The van der Waals surface area contributed by atoms with Gasteiger partial charge in [-0.3, -0.25) is 4.79 Å². The zero-order valence-electron chi connectivity index (χ0n) is 6.93. The van der Waals surface area contributed by atoms with Gasteiger partial charge >= 0.3 is 0 Å². The summed E-state index contributed by atoms with van der Waals surface area (Å²) in [5.74, 6) is -1.04. The first-order valence-electron chi connectivity index (χ1n) is 3.63. The predicted octanol–water partition coefficient (Wildman–Crippen LogP) is 2.85. The van der Waals surface area contributed by atoms with Gasteiger partial charge in [0.05, 0.1) is 4.47 Å². The molecule has 0 aliphatic rings. The summed E-state index contributed by atoms with van der Waals surface area (Å²) in [5, 5.41) is 0. The average Bonchev–Trinajstić information content (AvgIpc) is 2.08. The van der Waals surface area contributed by atoms with Crippen LogP contribution in [-0.4, -0.2) is 5.91 Å². The molecule has 0 saturated carbocycles. The van der Waals surface area contributed by atoms with Gasteiger partial charge in [-0.1, -0.05) is 15.9 Å². The van der Waals surface area contributed by atoms with Crippen molar-refractivity contribution >= 4 is 43.8 Å². The lowest BCUT2D eigenvalue weighted by atomic mass is 10.2. The minimum atomic E-state index is -0.611. The molecule has 74 valence electrons. The molecule has 0 radical (unpaired) electrons. The van der Waals surface area contributed by atoms with Crippen molar-refractivity contribution in [3.05, 3.63) is 38.5 Å². The first-order valence-corrected chi connectivity index (χ1v) is 5.21. The van der Waals surface area contributed by atoms with Crippen LogP contribution in [-0.2, 0) is 4.79 Å². The molecule has 0 fully saturated rings. The second-order valence-corrected chi connectivity index (χ2v) is 4.30. The van der Waals surface area contributed by atoms with Gasteiger partial charge in [-0.2, -0.15) is 0 Å². The predicted molar refractivity (Wildman–Crippen MR) is 60.0 cm³/mol. The van der Waals surface area contributed by atoms with Crippen LogP contribution < -0.4 is 5.73 Å². The van der Waals surface area contributed by atoms with Crippen molar-refractivity contribution in [3.8, 4) is 0 Å².